The van der Waals surface area contributed by atoms with Crippen molar-refractivity contribution < 1.29 is 4.79 Å². The van der Waals surface area contributed by atoms with Gasteiger partial charge < -0.3 is 10.2 Å². The number of hydrogen-bond donors (Lipinski definition) is 1. The minimum atomic E-state index is -0.0723. The summed E-state index contributed by atoms with van der Waals surface area (Å²) in [6.07, 6.45) is 0. The van der Waals surface area contributed by atoms with Crippen LogP contribution in [-0.2, 0) is 0 Å². The van der Waals surface area contributed by atoms with Crippen molar-refractivity contribution in [3.05, 3.63) is 101 Å². The van der Waals surface area contributed by atoms with Crippen molar-refractivity contribution in [1.29, 1.82) is 0 Å². The molecule has 3 aromatic carbocycles. The molecule has 0 saturated carbocycles. The maximum atomic E-state index is 12.4. The summed E-state index contributed by atoms with van der Waals surface area (Å²) in [5.41, 5.74) is 3.84. The second kappa shape index (κ2) is 8.50. The molecule has 0 spiro atoms. The molecule has 4 rings (SSSR count). The first-order valence-corrected chi connectivity index (χ1v) is 10.0. The van der Waals surface area contributed by atoms with Gasteiger partial charge in [-0.3, -0.25) is 4.79 Å². The van der Waals surface area contributed by atoms with Crippen LogP contribution in [0.25, 0.3) is 0 Å². The third-order valence-electron chi connectivity index (χ3n) is 5.08. The Kier molecular flexibility index (Phi) is 5.63. The first kappa shape index (κ1) is 19.2. The van der Waals surface area contributed by atoms with Crippen LogP contribution in [0.2, 0.25) is 5.02 Å². The number of halogens is 1. The minimum absolute atomic E-state index is 0.00368. The van der Waals surface area contributed by atoms with Crippen molar-refractivity contribution in [2.24, 2.45) is 4.99 Å². The van der Waals surface area contributed by atoms with E-state index in [0.29, 0.717) is 23.7 Å². The molecule has 3 aromatic rings. The molecule has 0 radical (unpaired) electrons. The minimum Gasteiger partial charge on any atom is -0.350 e. The van der Waals surface area contributed by atoms with E-state index >= 15 is 0 Å². The predicted molar refractivity (Wildman–Crippen MR) is 118 cm³/mol. The van der Waals surface area contributed by atoms with E-state index in [4.69, 9.17) is 16.6 Å². The number of carbonyl (C=O) groups excluding carboxylic acids is 1. The first-order chi connectivity index (χ1) is 14.1. The Balaban J connectivity index is 1.58. The number of nitrogens with one attached hydrogen (secondary N) is 1. The van der Waals surface area contributed by atoms with E-state index in [0.717, 1.165) is 17.1 Å². The molecule has 0 saturated heterocycles. The fourth-order valence-corrected chi connectivity index (χ4v) is 3.89. The smallest absolute Gasteiger partial charge is 0.251 e. The van der Waals surface area contributed by atoms with Gasteiger partial charge in [0.25, 0.3) is 5.91 Å². The van der Waals surface area contributed by atoms with Crippen molar-refractivity contribution in [1.82, 2.24) is 10.2 Å². The van der Waals surface area contributed by atoms with Gasteiger partial charge in [0.15, 0.2) is 0 Å². The summed E-state index contributed by atoms with van der Waals surface area (Å²) in [5.74, 6) is 0.847. The molecule has 29 heavy (non-hydrogen) atoms. The number of fused-ring (bicyclic) bond motifs is 1. The van der Waals surface area contributed by atoms with E-state index < -0.39 is 0 Å². The van der Waals surface area contributed by atoms with E-state index in [-0.39, 0.29) is 11.9 Å². The largest absolute Gasteiger partial charge is 0.350 e. The van der Waals surface area contributed by atoms with Gasteiger partial charge in [-0.25, -0.2) is 4.99 Å². The molecular weight excluding hydrogens is 382 g/mol. The standard InChI is InChI=1S/C24H22ClN3O/c1-17-27-22-13-12-20(25)16-21(22)23(18-8-4-2-5-9-18)28(17)15-14-26-24(29)19-10-6-3-7-11-19/h2-13,16,23H,14-15H2,1H3,(H,26,29). The van der Waals surface area contributed by atoms with Crippen molar-refractivity contribution in [3.8, 4) is 0 Å². The van der Waals surface area contributed by atoms with Crippen LogP contribution in [-0.4, -0.2) is 29.7 Å². The molecule has 1 atom stereocenters. The van der Waals surface area contributed by atoms with E-state index in [2.05, 4.69) is 22.3 Å². The lowest BCUT2D eigenvalue weighted by atomic mass is 9.94. The first-order valence-electron chi connectivity index (χ1n) is 9.63. The highest BCUT2D eigenvalue weighted by Crippen LogP contribution is 2.40. The number of nitrogens with zero attached hydrogens (tertiary/aromatic N) is 2. The highest BCUT2D eigenvalue weighted by atomic mass is 35.5. The topological polar surface area (TPSA) is 44.7 Å². The lowest BCUT2D eigenvalue weighted by Gasteiger charge is -2.38. The zero-order chi connectivity index (χ0) is 20.2. The van der Waals surface area contributed by atoms with Crippen LogP contribution in [0.15, 0.2) is 83.9 Å². The fraction of sp³-hybridized carbons (Fsp3) is 0.167. The number of aliphatic imine (C=N–C) groups is 1. The monoisotopic (exact) mass is 403 g/mol. The van der Waals surface area contributed by atoms with E-state index in [1.54, 1.807) is 0 Å². The van der Waals surface area contributed by atoms with Crippen LogP contribution in [0.4, 0.5) is 5.69 Å². The van der Waals surface area contributed by atoms with E-state index in [1.807, 2.05) is 73.7 Å². The van der Waals surface area contributed by atoms with Gasteiger partial charge in [-0.2, -0.15) is 0 Å². The third-order valence-corrected chi connectivity index (χ3v) is 5.32. The molecule has 146 valence electrons. The molecule has 0 aromatic heterocycles. The lowest BCUT2D eigenvalue weighted by molar-refractivity contribution is 0.0950. The Morgan fingerprint density at radius 3 is 2.45 bits per heavy atom. The molecule has 1 unspecified atom stereocenters. The Bertz CT molecular complexity index is 1030. The predicted octanol–water partition coefficient (Wildman–Crippen LogP) is 5.22. The van der Waals surface area contributed by atoms with Crippen molar-refractivity contribution in [2.45, 2.75) is 13.0 Å². The van der Waals surface area contributed by atoms with Crippen LogP contribution in [0.5, 0.6) is 0 Å². The lowest BCUT2D eigenvalue weighted by Crippen LogP contribution is -2.41. The molecule has 1 heterocycles. The molecule has 1 aliphatic rings. The summed E-state index contributed by atoms with van der Waals surface area (Å²) in [5, 5.41) is 3.70. The second-order valence-corrected chi connectivity index (χ2v) is 7.43. The summed E-state index contributed by atoms with van der Waals surface area (Å²) in [6.45, 7) is 3.16. The number of carbonyl (C=O) groups is 1. The van der Waals surface area contributed by atoms with E-state index in [9.17, 15) is 4.79 Å². The molecule has 0 bridgehead atoms. The number of rotatable bonds is 5. The maximum absolute atomic E-state index is 12.4. The Labute approximate surface area is 175 Å². The summed E-state index contributed by atoms with van der Waals surface area (Å²) in [4.78, 5) is 19.4. The quantitative estimate of drug-likeness (QED) is 0.634. The van der Waals surface area contributed by atoms with Crippen molar-refractivity contribution >= 4 is 29.0 Å². The van der Waals surface area contributed by atoms with Gasteiger partial charge in [0.1, 0.15) is 5.84 Å². The van der Waals surface area contributed by atoms with Gasteiger partial charge in [-0.15, -0.1) is 0 Å². The van der Waals surface area contributed by atoms with Crippen molar-refractivity contribution in [3.63, 3.8) is 0 Å². The summed E-state index contributed by atoms with van der Waals surface area (Å²) in [7, 11) is 0. The molecule has 4 nitrogen and oxygen atoms in total. The van der Waals surface area contributed by atoms with Gasteiger partial charge >= 0.3 is 0 Å². The fourth-order valence-electron chi connectivity index (χ4n) is 3.71. The molecule has 0 aliphatic carbocycles. The Morgan fingerprint density at radius 2 is 1.72 bits per heavy atom. The molecular formula is C24H22ClN3O. The number of amides is 1. The van der Waals surface area contributed by atoms with Gasteiger partial charge in [0, 0.05) is 29.2 Å². The van der Waals surface area contributed by atoms with Gasteiger partial charge in [-0.05, 0) is 42.8 Å². The maximum Gasteiger partial charge on any atom is 0.251 e. The van der Waals surface area contributed by atoms with Crippen LogP contribution >= 0.6 is 11.6 Å². The van der Waals surface area contributed by atoms with Gasteiger partial charge in [0.05, 0.1) is 11.7 Å². The molecule has 1 aliphatic heterocycles. The molecule has 5 heteroatoms. The third kappa shape index (κ3) is 4.17. The average molecular weight is 404 g/mol. The second-order valence-electron chi connectivity index (χ2n) is 6.99. The zero-order valence-corrected chi connectivity index (χ0v) is 16.9. The summed E-state index contributed by atoms with van der Waals surface area (Å²) in [6, 6.07) is 25.4. The van der Waals surface area contributed by atoms with Crippen LogP contribution in [0, 0.1) is 0 Å². The highest BCUT2D eigenvalue weighted by Gasteiger charge is 2.29. The van der Waals surface area contributed by atoms with Crippen LogP contribution in [0.1, 0.15) is 34.5 Å². The number of hydrogen-bond acceptors (Lipinski definition) is 3. The van der Waals surface area contributed by atoms with Gasteiger partial charge in [-0.1, -0.05) is 60.1 Å². The zero-order valence-electron chi connectivity index (χ0n) is 16.2. The Morgan fingerprint density at radius 1 is 1.03 bits per heavy atom. The molecule has 0 fully saturated rings. The average Bonchev–Trinajstić information content (AvgIpc) is 2.75. The SMILES string of the molecule is CC1=Nc2ccc(Cl)cc2C(c2ccccc2)N1CCNC(=O)c1ccccc1. The Hall–Kier alpha value is -3.11. The molecule has 1 amide bonds. The normalized spacial score (nSPS) is 15.4. The summed E-state index contributed by atoms with van der Waals surface area (Å²) >= 11 is 6.30. The number of amidine groups is 1. The van der Waals surface area contributed by atoms with Crippen LogP contribution < -0.4 is 5.32 Å². The van der Waals surface area contributed by atoms with E-state index in [1.165, 1.54) is 5.56 Å². The number of benzene rings is 3. The van der Waals surface area contributed by atoms with Crippen LogP contribution in [0.3, 0.4) is 0 Å². The van der Waals surface area contributed by atoms with Gasteiger partial charge in [0.2, 0.25) is 0 Å². The summed E-state index contributed by atoms with van der Waals surface area (Å²) < 4.78 is 0. The highest BCUT2D eigenvalue weighted by molar-refractivity contribution is 6.30. The van der Waals surface area contributed by atoms with Crippen molar-refractivity contribution in [2.75, 3.05) is 13.1 Å². The molecule has 1 N–H and O–H groups in total.